The molecule has 5 rings (SSSR count). The summed E-state index contributed by atoms with van der Waals surface area (Å²) in [5.41, 5.74) is 4.85. The van der Waals surface area contributed by atoms with Crippen LogP contribution in [0.3, 0.4) is 0 Å². The lowest BCUT2D eigenvalue weighted by Crippen LogP contribution is -2.27. The maximum atomic E-state index is 13.8. The standard InChI is InChI=1S/C28H30N8O2/c1-4-6-10-24-18-36(27-25(19(3)37)12-14-34(27)5-2)28(38)35(24)17-23-16-21(11-13-29-23)20-8-7-9-22(15-20)26-30-32-33-31-26/h7-9,11-16,18H,4-6,10,17H2,1-3H3,(H,30,31,32,33). The minimum atomic E-state index is -0.182. The van der Waals surface area contributed by atoms with E-state index in [1.807, 2.05) is 60.3 Å². The van der Waals surface area contributed by atoms with Crippen LogP contribution in [0, 0.1) is 0 Å². The molecule has 0 saturated carbocycles. The van der Waals surface area contributed by atoms with Crippen molar-refractivity contribution < 1.29 is 4.79 Å². The van der Waals surface area contributed by atoms with Gasteiger partial charge in [0, 0.05) is 36.4 Å². The van der Waals surface area contributed by atoms with Crippen molar-refractivity contribution in [2.45, 2.75) is 53.1 Å². The van der Waals surface area contributed by atoms with Gasteiger partial charge in [0.25, 0.3) is 0 Å². The number of hydrogen-bond donors (Lipinski definition) is 1. The van der Waals surface area contributed by atoms with E-state index in [2.05, 4.69) is 32.5 Å². The first-order valence-corrected chi connectivity index (χ1v) is 12.8. The van der Waals surface area contributed by atoms with Gasteiger partial charge < -0.3 is 4.57 Å². The first-order chi connectivity index (χ1) is 18.5. The Hall–Kier alpha value is -4.60. The molecule has 10 nitrogen and oxygen atoms in total. The van der Waals surface area contributed by atoms with Crippen molar-refractivity contribution in [2.75, 3.05) is 0 Å². The number of aryl methyl sites for hydroxylation is 2. The SMILES string of the molecule is CCCCc1cn(-c2c(C(C)=O)ccn2CC)c(=O)n1Cc1cc(-c2cccc(-c3nn[nH]n3)c2)ccn1. The number of benzene rings is 1. The molecule has 194 valence electrons. The third kappa shape index (κ3) is 4.84. The lowest BCUT2D eigenvalue weighted by atomic mass is 10.0. The summed E-state index contributed by atoms with van der Waals surface area (Å²) < 4.78 is 5.32. The number of hydrogen-bond acceptors (Lipinski definition) is 6. The second-order valence-corrected chi connectivity index (χ2v) is 9.21. The van der Waals surface area contributed by atoms with Gasteiger partial charge in [-0.05, 0) is 67.3 Å². The van der Waals surface area contributed by atoms with Gasteiger partial charge in [-0.15, -0.1) is 10.2 Å². The average Bonchev–Trinajstić information content (AvgIpc) is 3.68. The van der Waals surface area contributed by atoms with Gasteiger partial charge in [0.1, 0.15) is 5.82 Å². The molecule has 5 aromatic rings. The van der Waals surface area contributed by atoms with Crippen molar-refractivity contribution in [2.24, 2.45) is 0 Å². The van der Waals surface area contributed by atoms with E-state index in [1.54, 1.807) is 21.4 Å². The van der Waals surface area contributed by atoms with Crippen LogP contribution in [0.4, 0.5) is 0 Å². The van der Waals surface area contributed by atoms with Crippen LogP contribution in [0.1, 0.15) is 55.4 Å². The first-order valence-electron chi connectivity index (χ1n) is 12.8. The number of ketones is 1. The highest BCUT2D eigenvalue weighted by molar-refractivity contribution is 5.97. The van der Waals surface area contributed by atoms with Crippen molar-refractivity contribution in [1.29, 1.82) is 0 Å². The Balaban J connectivity index is 1.54. The predicted molar refractivity (Wildman–Crippen MR) is 144 cm³/mol. The quantitative estimate of drug-likeness (QED) is 0.280. The van der Waals surface area contributed by atoms with Gasteiger partial charge in [-0.2, -0.15) is 5.21 Å². The molecule has 0 saturated heterocycles. The molecule has 0 atom stereocenters. The van der Waals surface area contributed by atoms with E-state index in [9.17, 15) is 9.59 Å². The van der Waals surface area contributed by atoms with Crippen LogP contribution < -0.4 is 5.69 Å². The maximum Gasteiger partial charge on any atom is 0.334 e. The summed E-state index contributed by atoms with van der Waals surface area (Å²) in [6.07, 6.45) is 8.21. The minimum Gasteiger partial charge on any atom is -0.334 e. The van der Waals surface area contributed by atoms with Crippen LogP contribution in [-0.2, 0) is 19.5 Å². The second kappa shape index (κ2) is 10.8. The second-order valence-electron chi connectivity index (χ2n) is 9.21. The van der Waals surface area contributed by atoms with Gasteiger partial charge in [-0.1, -0.05) is 31.5 Å². The van der Waals surface area contributed by atoms with Crippen molar-refractivity contribution >= 4 is 5.78 Å². The topological polar surface area (TPSA) is 116 Å². The van der Waals surface area contributed by atoms with Gasteiger partial charge in [0.2, 0.25) is 5.82 Å². The average molecular weight is 511 g/mol. The molecule has 0 amide bonds. The van der Waals surface area contributed by atoms with Crippen molar-refractivity contribution in [3.05, 3.63) is 88.5 Å². The largest absolute Gasteiger partial charge is 0.334 e. The Kier molecular flexibility index (Phi) is 7.12. The van der Waals surface area contributed by atoms with Crippen molar-refractivity contribution in [1.82, 2.24) is 39.3 Å². The molecule has 1 aromatic carbocycles. The number of aromatic nitrogens is 8. The number of unbranched alkanes of at least 4 members (excludes halogenated alkanes) is 1. The molecule has 0 aliphatic heterocycles. The van der Waals surface area contributed by atoms with E-state index < -0.39 is 0 Å². The van der Waals surface area contributed by atoms with Gasteiger partial charge in [-0.25, -0.2) is 4.79 Å². The molecule has 38 heavy (non-hydrogen) atoms. The molecule has 0 aliphatic rings. The fraction of sp³-hybridized carbons (Fsp3) is 0.286. The number of Topliss-reactive ketones (excluding diaryl/α,β-unsaturated/α-hetero) is 1. The zero-order valence-corrected chi connectivity index (χ0v) is 21.8. The Bertz CT molecular complexity index is 1620. The van der Waals surface area contributed by atoms with Crippen LogP contribution in [0.15, 0.2) is 65.8 Å². The summed E-state index contributed by atoms with van der Waals surface area (Å²) in [5, 5.41) is 14.3. The lowest BCUT2D eigenvalue weighted by molar-refractivity contribution is 0.101. The normalized spacial score (nSPS) is 11.2. The van der Waals surface area contributed by atoms with Gasteiger partial charge in [-0.3, -0.25) is 18.9 Å². The summed E-state index contributed by atoms with van der Waals surface area (Å²) in [4.78, 5) is 30.7. The first kappa shape index (κ1) is 25.1. The van der Waals surface area contributed by atoms with E-state index >= 15 is 0 Å². The van der Waals surface area contributed by atoms with Crippen LogP contribution in [0.2, 0.25) is 0 Å². The lowest BCUT2D eigenvalue weighted by Gasteiger charge is -2.10. The molecule has 0 fully saturated rings. The zero-order valence-electron chi connectivity index (χ0n) is 21.8. The Morgan fingerprint density at radius 1 is 1.05 bits per heavy atom. The number of pyridine rings is 1. The smallest absolute Gasteiger partial charge is 0.334 e. The number of nitrogens with one attached hydrogen (secondary N) is 1. The molecule has 0 spiro atoms. The Morgan fingerprint density at radius 2 is 1.87 bits per heavy atom. The van der Waals surface area contributed by atoms with Gasteiger partial charge >= 0.3 is 5.69 Å². The number of carbonyl (C=O) groups excluding carboxylic acids is 1. The number of imidazole rings is 1. The number of nitrogens with zero attached hydrogens (tertiary/aromatic N) is 7. The number of aromatic amines is 1. The Labute approximate surface area is 220 Å². The van der Waals surface area contributed by atoms with Crippen molar-refractivity contribution in [3.63, 3.8) is 0 Å². The van der Waals surface area contributed by atoms with Crippen LogP contribution in [0.5, 0.6) is 0 Å². The van der Waals surface area contributed by atoms with E-state index in [1.165, 1.54) is 6.92 Å². The molecule has 0 unspecified atom stereocenters. The molecule has 0 bridgehead atoms. The maximum absolute atomic E-state index is 13.8. The highest BCUT2D eigenvalue weighted by Crippen LogP contribution is 2.25. The van der Waals surface area contributed by atoms with E-state index in [0.29, 0.717) is 30.3 Å². The summed E-state index contributed by atoms with van der Waals surface area (Å²) in [6.45, 7) is 6.63. The number of H-pyrrole nitrogens is 1. The molecule has 4 aromatic heterocycles. The van der Waals surface area contributed by atoms with Crippen molar-refractivity contribution in [3.8, 4) is 28.3 Å². The minimum absolute atomic E-state index is 0.0700. The monoisotopic (exact) mass is 510 g/mol. The third-order valence-corrected chi connectivity index (χ3v) is 6.67. The molecular weight excluding hydrogens is 480 g/mol. The molecule has 0 aliphatic carbocycles. The van der Waals surface area contributed by atoms with Gasteiger partial charge in [0.15, 0.2) is 5.78 Å². The number of tetrazole rings is 1. The van der Waals surface area contributed by atoms with E-state index in [0.717, 1.165) is 47.3 Å². The summed E-state index contributed by atoms with van der Waals surface area (Å²) in [7, 11) is 0. The molecule has 10 heteroatoms. The van der Waals surface area contributed by atoms with Gasteiger partial charge in [0.05, 0.1) is 17.8 Å². The zero-order chi connectivity index (χ0) is 26.6. The molecule has 4 heterocycles. The van der Waals surface area contributed by atoms with E-state index in [-0.39, 0.29) is 11.5 Å². The van der Waals surface area contributed by atoms with E-state index in [4.69, 9.17) is 0 Å². The summed E-state index contributed by atoms with van der Waals surface area (Å²) in [5.74, 6) is 1.07. The summed E-state index contributed by atoms with van der Waals surface area (Å²) >= 11 is 0. The van der Waals surface area contributed by atoms with Crippen LogP contribution >= 0.6 is 0 Å². The summed E-state index contributed by atoms with van der Waals surface area (Å²) in [6, 6.07) is 13.6. The highest BCUT2D eigenvalue weighted by atomic mass is 16.2. The predicted octanol–water partition coefficient (Wildman–Crippen LogP) is 4.30. The number of rotatable bonds is 10. The highest BCUT2D eigenvalue weighted by Gasteiger charge is 2.20. The fourth-order valence-electron chi connectivity index (χ4n) is 4.70. The molecule has 1 N–H and O–H groups in total. The number of carbonyl (C=O) groups is 1. The fourth-order valence-corrected chi connectivity index (χ4v) is 4.70. The third-order valence-electron chi connectivity index (χ3n) is 6.67. The Morgan fingerprint density at radius 3 is 2.61 bits per heavy atom. The molecular formula is C28H30N8O2. The molecule has 0 radical (unpaired) electrons. The van der Waals surface area contributed by atoms with Crippen LogP contribution in [-0.4, -0.2) is 45.1 Å². The van der Waals surface area contributed by atoms with Crippen LogP contribution in [0.25, 0.3) is 28.3 Å².